The highest BCUT2D eigenvalue weighted by atomic mass is 35.5. The van der Waals surface area contributed by atoms with E-state index in [-0.39, 0.29) is 0 Å². The third-order valence-electron chi connectivity index (χ3n) is 1.37. The molecular formula is C9H9ClN2O. The molecule has 0 unspecified atom stereocenters. The predicted octanol–water partition coefficient (Wildman–Crippen LogP) is 1.26. The van der Waals surface area contributed by atoms with E-state index in [2.05, 4.69) is 16.8 Å². The molecule has 3 nitrogen and oxygen atoms in total. The number of hydrogen-bond donors (Lipinski definition) is 1. The van der Waals surface area contributed by atoms with E-state index in [1.54, 1.807) is 12.3 Å². The lowest BCUT2D eigenvalue weighted by atomic mass is 10.2. The van der Waals surface area contributed by atoms with Gasteiger partial charge in [-0.15, -0.1) is 11.6 Å². The summed E-state index contributed by atoms with van der Waals surface area (Å²) in [5, 5.41) is 0. The number of nitrogens with two attached hydrogens (primary N) is 1. The second-order valence-corrected chi connectivity index (χ2v) is 2.53. The number of anilines is 1. The van der Waals surface area contributed by atoms with Crippen LogP contribution in [-0.4, -0.2) is 18.0 Å². The Morgan fingerprint density at radius 1 is 1.69 bits per heavy atom. The number of ether oxygens (including phenoxy) is 1. The van der Waals surface area contributed by atoms with Crippen molar-refractivity contribution in [3.05, 3.63) is 17.8 Å². The second kappa shape index (κ2) is 4.58. The lowest BCUT2D eigenvalue weighted by Crippen LogP contribution is -1.95. The molecular weight excluding hydrogens is 188 g/mol. The van der Waals surface area contributed by atoms with Crippen molar-refractivity contribution in [1.82, 2.24) is 4.98 Å². The van der Waals surface area contributed by atoms with Gasteiger partial charge in [-0.25, -0.2) is 4.98 Å². The monoisotopic (exact) mass is 196 g/mol. The molecule has 0 amide bonds. The third-order valence-corrected chi connectivity index (χ3v) is 1.51. The summed E-state index contributed by atoms with van der Waals surface area (Å²) in [6, 6.07) is 1.70. The number of pyridine rings is 1. The van der Waals surface area contributed by atoms with E-state index >= 15 is 0 Å². The standard InChI is InChI=1S/C9H9ClN2O/c1-13-9-8(11)5-7(6-12-9)3-2-4-10/h5-6H,4,11H2,1H3. The Morgan fingerprint density at radius 3 is 3.00 bits per heavy atom. The molecule has 0 aromatic carbocycles. The van der Waals surface area contributed by atoms with Gasteiger partial charge in [0.2, 0.25) is 5.88 Å². The van der Waals surface area contributed by atoms with Crippen molar-refractivity contribution in [3.63, 3.8) is 0 Å². The number of methoxy groups -OCH3 is 1. The number of rotatable bonds is 1. The average molecular weight is 197 g/mol. The minimum atomic E-state index is 0.298. The normalized spacial score (nSPS) is 8.77. The number of hydrogen-bond acceptors (Lipinski definition) is 3. The van der Waals surface area contributed by atoms with E-state index < -0.39 is 0 Å². The fourth-order valence-electron chi connectivity index (χ4n) is 0.844. The van der Waals surface area contributed by atoms with Crippen molar-refractivity contribution in [2.75, 3.05) is 18.7 Å². The lowest BCUT2D eigenvalue weighted by molar-refractivity contribution is 0.400. The first kappa shape index (κ1) is 9.69. The van der Waals surface area contributed by atoms with Crippen LogP contribution >= 0.6 is 11.6 Å². The molecule has 1 heterocycles. The number of halogens is 1. The molecule has 0 radical (unpaired) electrons. The van der Waals surface area contributed by atoms with Crippen LogP contribution in [0.25, 0.3) is 0 Å². The van der Waals surface area contributed by atoms with Crippen LogP contribution in [0.3, 0.4) is 0 Å². The van der Waals surface area contributed by atoms with Gasteiger partial charge < -0.3 is 10.5 Å². The van der Waals surface area contributed by atoms with Gasteiger partial charge in [0.25, 0.3) is 0 Å². The maximum atomic E-state index is 5.62. The fraction of sp³-hybridized carbons (Fsp3) is 0.222. The first-order chi connectivity index (χ1) is 6.27. The topological polar surface area (TPSA) is 48.1 Å². The summed E-state index contributed by atoms with van der Waals surface area (Å²) in [5.74, 6) is 6.23. The number of alkyl halides is 1. The summed E-state index contributed by atoms with van der Waals surface area (Å²) in [6.45, 7) is 0. The largest absolute Gasteiger partial charge is 0.480 e. The smallest absolute Gasteiger partial charge is 0.236 e. The number of nitrogens with zero attached hydrogens (tertiary/aromatic N) is 1. The summed E-state index contributed by atoms with van der Waals surface area (Å²) >= 11 is 5.40. The van der Waals surface area contributed by atoms with Crippen LogP contribution in [0.1, 0.15) is 5.56 Å². The van der Waals surface area contributed by atoms with Crippen LogP contribution in [0.5, 0.6) is 5.88 Å². The van der Waals surface area contributed by atoms with Gasteiger partial charge in [0.05, 0.1) is 18.7 Å². The van der Waals surface area contributed by atoms with Gasteiger partial charge >= 0.3 is 0 Å². The molecule has 0 fully saturated rings. The van der Waals surface area contributed by atoms with Crippen molar-refractivity contribution >= 4 is 17.3 Å². The highest BCUT2D eigenvalue weighted by Gasteiger charge is 1.99. The highest BCUT2D eigenvalue weighted by Crippen LogP contribution is 2.17. The Bertz CT molecular complexity index is 354. The third kappa shape index (κ3) is 2.53. The molecule has 0 atom stereocenters. The molecule has 0 bridgehead atoms. The summed E-state index contributed by atoms with van der Waals surface area (Å²) in [5.41, 5.74) is 6.83. The van der Waals surface area contributed by atoms with E-state index in [1.807, 2.05) is 0 Å². The summed E-state index contributed by atoms with van der Waals surface area (Å²) in [4.78, 5) is 3.96. The van der Waals surface area contributed by atoms with Crippen LogP contribution in [-0.2, 0) is 0 Å². The SMILES string of the molecule is COc1ncc(C#CCCl)cc1N. The molecule has 0 saturated carbocycles. The number of nitrogen functional groups attached to an aromatic ring is 1. The van der Waals surface area contributed by atoms with Crippen LogP contribution in [0.2, 0.25) is 0 Å². The molecule has 13 heavy (non-hydrogen) atoms. The Balaban J connectivity index is 2.96. The van der Waals surface area contributed by atoms with E-state index in [1.165, 1.54) is 7.11 Å². The van der Waals surface area contributed by atoms with Gasteiger partial charge in [-0.05, 0) is 6.07 Å². The van der Waals surface area contributed by atoms with Gasteiger partial charge in [-0.1, -0.05) is 11.8 Å². The first-order valence-electron chi connectivity index (χ1n) is 3.62. The molecule has 1 aromatic heterocycles. The minimum Gasteiger partial charge on any atom is -0.480 e. The van der Waals surface area contributed by atoms with Crippen molar-refractivity contribution in [3.8, 4) is 17.7 Å². The quantitative estimate of drug-likeness (QED) is 0.544. The van der Waals surface area contributed by atoms with Crippen molar-refractivity contribution < 1.29 is 4.74 Å². The fourth-order valence-corrected chi connectivity index (χ4v) is 0.910. The Hall–Kier alpha value is -1.40. The highest BCUT2D eigenvalue weighted by molar-refractivity contribution is 6.19. The molecule has 2 N–H and O–H groups in total. The Morgan fingerprint density at radius 2 is 2.46 bits per heavy atom. The maximum Gasteiger partial charge on any atom is 0.236 e. The van der Waals surface area contributed by atoms with Crippen molar-refractivity contribution in [1.29, 1.82) is 0 Å². The molecule has 0 spiro atoms. The molecule has 0 aliphatic carbocycles. The molecule has 0 aliphatic heterocycles. The van der Waals surface area contributed by atoms with Crippen LogP contribution in [0, 0.1) is 11.8 Å². The van der Waals surface area contributed by atoms with E-state index in [0.717, 1.165) is 5.56 Å². The summed E-state index contributed by atoms with van der Waals surface area (Å²) in [7, 11) is 1.52. The van der Waals surface area contributed by atoms with Gasteiger partial charge in [0.15, 0.2) is 0 Å². The second-order valence-electron chi connectivity index (χ2n) is 2.26. The predicted molar refractivity (Wildman–Crippen MR) is 52.8 cm³/mol. The average Bonchev–Trinajstić information content (AvgIpc) is 2.15. The van der Waals surface area contributed by atoms with E-state index in [9.17, 15) is 0 Å². The molecule has 0 saturated heterocycles. The van der Waals surface area contributed by atoms with Gasteiger partial charge in [-0.3, -0.25) is 0 Å². The van der Waals surface area contributed by atoms with Crippen LogP contribution in [0.15, 0.2) is 12.3 Å². The van der Waals surface area contributed by atoms with Gasteiger partial charge in [-0.2, -0.15) is 0 Å². The van der Waals surface area contributed by atoms with E-state index in [4.69, 9.17) is 22.1 Å². The van der Waals surface area contributed by atoms with Gasteiger partial charge in [0, 0.05) is 11.8 Å². The summed E-state index contributed by atoms with van der Waals surface area (Å²) in [6.07, 6.45) is 1.59. The molecule has 4 heteroatoms. The van der Waals surface area contributed by atoms with Crippen LogP contribution < -0.4 is 10.5 Å². The Labute approximate surface area is 81.9 Å². The zero-order valence-corrected chi connectivity index (χ0v) is 7.93. The maximum absolute atomic E-state index is 5.62. The first-order valence-corrected chi connectivity index (χ1v) is 4.15. The van der Waals surface area contributed by atoms with E-state index in [0.29, 0.717) is 17.4 Å². The minimum absolute atomic E-state index is 0.298. The van der Waals surface area contributed by atoms with Gasteiger partial charge in [0.1, 0.15) is 0 Å². The summed E-state index contributed by atoms with van der Waals surface area (Å²) < 4.78 is 4.89. The van der Waals surface area contributed by atoms with Crippen LogP contribution in [0.4, 0.5) is 5.69 Å². The number of aromatic nitrogens is 1. The molecule has 0 aliphatic rings. The molecule has 1 aromatic rings. The molecule has 1 rings (SSSR count). The van der Waals surface area contributed by atoms with Crippen molar-refractivity contribution in [2.24, 2.45) is 0 Å². The lowest BCUT2D eigenvalue weighted by Gasteiger charge is -2.01. The zero-order valence-electron chi connectivity index (χ0n) is 7.17. The Kier molecular flexibility index (Phi) is 3.41. The zero-order chi connectivity index (χ0) is 9.68. The molecule has 68 valence electrons. The van der Waals surface area contributed by atoms with Crippen molar-refractivity contribution in [2.45, 2.75) is 0 Å².